The normalized spacial score (nSPS) is 10.1. The largest absolute Gasteiger partial charge is 0.448 e. The lowest BCUT2D eigenvalue weighted by Crippen LogP contribution is -2.19. The fraction of sp³-hybridized carbons (Fsp3) is 0.455. The molecule has 0 unspecified atom stereocenters. The van der Waals surface area contributed by atoms with Gasteiger partial charge in [0.1, 0.15) is 6.61 Å². The van der Waals surface area contributed by atoms with Gasteiger partial charge in [0.15, 0.2) is 23.3 Å². The number of primary amides is 1. The van der Waals surface area contributed by atoms with Gasteiger partial charge in [-0.05, 0) is 6.42 Å². The fourth-order valence-corrected chi connectivity index (χ4v) is 1.28. The topological polar surface area (TPSA) is 89.3 Å². The summed E-state index contributed by atoms with van der Waals surface area (Å²) in [5.41, 5.74) is 4.76. The first-order chi connectivity index (χ1) is 9.04. The van der Waals surface area contributed by atoms with Crippen molar-refractivity contribution in [1.82, 2.24) is 4.98 Å². The Kier molecular flexibility index (Phi) is 5.77. The van der Waals surface area contributed by atoms with Gasteiger partial charge in [-0.1, -0.05) is 6.92 Å². The molecule has 0 aliphatic carbocycles. The zero-order valence-corrected chi connectivity index (χ0v) is 10.5. The van der Waals surface area contributed by atoms with Gasteiger partial charge < -0.3 is 21.1 Å². The van der Waals surface area contributed by atoms with Crippen LogP contribution >= 0.6 is 0 Å². The second-order valence-electron chi connectivity index (χ2n) is 3.67. The Labute approximate surface area is 109 Å². The number of carbonyl (C=O) groups excluding carboxylic acids is 1. The number of carbonyl (C=O) groups is 1. The Morgan fingerprint density at radius 2 is 1.89 bits per heavy atom. The molecule has 4 N–H and O–H groups in total. The SMILES string of the molecule is CCCNc1nc(NCCOC(N)=O)c(F)cc1F. The molecule has 1 rings (SSSR count). The maximum atomic E-state index is 13.4. The minimum atomic E-state index is -0.917. The summed E-state index contributed by atoms with van der Waals surface area (Å²) in [5, 5.41) is 5.33. The summed E-state index contributed by atoms with van der Waals surface area (Å²) in [5.74, 6) is -1.72. The van der Waals surface area contributed by atoms with Gasteiger partial charge >= 0.3 is 6.09 Å². The van der Waals surface area contributed by atoms with Gasteiger partial charge in [0.25, 0.3) is 0 Å². The highest BCUT2D eigenvalue weighted by molar-refractivity contribution is 5.64. The third kappa shape index (κ3) is 4.94. The number of amides is 1. The smallest absolute Gasteiger partial charge is 0.404 e. The van der Waals surface area contributed by atoms with E-state index in [-0.39, 0.29) is 24.8 Å². The number of ether oxygens (including phenoxy) is 1. The molecule has 19 heavy (non-hydrogen) atoms. The van der Waals surface area contributed by atoms with Crippen LogP contribution in [0, 0.1) is 11.6 Å². The van der Waals surface area contributed by atoms with Gasteiger partial charge in [-0.25, -0.2) is 18.6 Å². The number of nitrogens with two attached hydrogens (primary N) is 1. The van der Waals surface area contributed by atoms with E-state index in [1.807, 2.05) is 6.92 Å². The number of aromatic nitrogens is 1. The first-order valence-electron chi connectivity index (χ1n) is 5.80. The van der Waals surface area contributed by atoms with Gasteiger partial charge in [-0.15, -0.1) is 0 Å². The second-order valence-corrected chi connectivity index (χ2v) is 3.67. The quantitative estimate of drug-likeness (QED) is 0.658. The molecule has 0 bridgehead atoms. The summed E-state index contributed by atoms with van der Waals surface area (Å²) in [6.45, 7) is 2.52. The summed E-state index contributed by atoms with van der Waals surface area (Å²) in [6, 6.07) is 0.738. The predicted molar refractivity (Wildman–Crippen MR) is 67.0 cm³/mol. The van der Waals surface area contributed by atoms with Crippen molar-refractivity contribution in [2.75, 3.05) is 30.3 Å². The van der Waals surface area contributed by atoms with Crippen LogP contribution in [-0.4, -0.2) is 30.8 Å². The van der Waals surface area contributed by atoms with Crippen LogP contribution < -0.4 is 16.4 Å². The van der Waals surface area contributed by atoms with E-state index >= 15 is 0 Å². The highest BCUT2D eigenvalue weighted by atomic mass is 19.1. The van der Waals surface area contributed by atoms with Crippen molar-refractivity contribution in [2.45, 2.75) is 13.3 Å². The molecule has 1 aromatic heterocycles. The summed E-state index contributed by atoms with van der Waals surface area (Å²) in [4.78, 5) is 14.1. The number of rotatable bonds is 7. The van der Waals surface area contributed by atoms with Gasteiger partial charge in [-0.3, -0.25) is 0 Å². The molecule has 0 saturated carbocycles. The van der Waals surface area contributed by atoms with Crippen LogP contribution in [0.3, 0.4) is 0 Å². The third-order valence-electron chi connectivity index (χ3n) is 2.11. The zero-order valence-electron chi connectivity index (χ0n) is 10.5. The van der Waals surface area contributed by atoms with E-state index in [1.54, 1.807) is 0 Å². The molecule has 0 saturated heterocycles. The molecule has 106 valence electrons. The molecule has 8 heteroatoms. The summed E-state index contributed by atoms with van der Waals surface area (Å²) < 4.78 is 31.2. The van der Waals surface area contributed by atoms with E-state index in [1.165, 1.54) is 0 Å². The molecular formula is C11H16F2N4O2. The first kappa shape index (κ1) is 14.9. The number of anilines is 2. The van der Waals surface area contributed by atoms with Gasteiger partial charge in [0.2, 0.25) is 0 Å². The van der Waals surface area contributed by atoms with Crippen molar-refractivity contribution in [1.29, 1.82) is 0 Å². The average molecular weight is 274 g/mol. The van der Waals surface area contributed by atoms with E-state index < -0.39 is 17.7 Å². The molecule has 0 fully saturated rings. The van der Waals surface area contributed by atoms with E-state index in [2.05, 4.69) is 20.4 Å². The standard InChI is InChI=1S/C11H16F2N4O2/c1-2-3-15-9-7(12)6-8(13)10(17-9)16-4-5-19-11(14)18/h6H,2-5H2,1H3,(H2,14,18)(H2,15,16,17). The summed E-state index contributed by atoms with van der Waals surface area (Å²) >= 11 is 0. The Bertz CT molecular complexity index is 443. The summed E-state index contributed by atoms with van der Waals surface area (Å²) in [6.07, 6.45) is -0.132. The molecule has 0 spiro atoms. The molecule has 6 nitrogen and oxygen atoms in total. The van der Waals surface area contributed by atoms with Crippen molar-refractivity contribution in [3.63, 3.8) is 0 Å². The molecular weight excluding hydrogens is 258 g/mol. The number of pyridine rings is 1. The van der Waals surface area contributed by atoms with Crippen molar-refractivity contribution in [3.05, 3.63) is 17.7 Å². The molecule has 0 radical (unpaired) electrons. The predicted octanol–water partition coefficient (Wildman–Crippen LogP) is 1.69. The lowest BCUT2D eigenvalue weighted by atomic mass is 10.3. The molecule has 1 amide bonds. The Morgan fingerprint density at radius 1 is 1.32 bits per heavy atom. The van der Waals surface area contributed by atoms with Crippen molar-refractivity contribution < 1.29 is 18.3 Å². The Balaban J connectivity index is 2.63. The van der Waals surface area contributed by atoms with E-state index in [9.17, 15) is 13.6 Å². The molecule has 0 aliphatic rings. The number of hydrogen-bond acceptors (Lipinski definition) is 5. The van der Waals surface area contributed by atoms with Gasteiger partial charge in [0, 0.05) is 12.6 Å². The van der Waals surface area contributed by atoms with E-state index in [0.29, 0.717) is 6.54 Å². The highest BCUT2D eigenvalue weighted by Crippen LogP contribution is 2.18. The van der Waals surface area contributed by atoms with Gasteiger partial charge in [-0.2, -0.15) is 0 Å². The lowest BCUT2D eigenvalue weighted by Gasteiger charge is -2.10. The van der Waals surface area contributed by atoms with Crippen LogP contribution in [-0.2, 0) is 4.74 Å². The Hall–Kier alpha value is -2.12. The fourth-order valence-electron chi connectivity index (χ4n) is 1.28. The maximum Gasteiger partial charge on any atom is 0.404 e. The van der Waals surface area contributed by atoms with Crippen molar-refractivity contribution >= 4 is 17.7 Å². The van der Waals surface area contributed by atoms with Crippen LogP contribution in [0.2, 0.25) is 0 Å². The van der Waals surface area contributed by atoms with Crippen LogP contribution in [0.4, 0.5) is 25.2 Å². The molecule has 1 aromatic rings. The minimum absolute atomic E-state index is 0.0263. The van der Waals surface area contributed by atoms with Crippen molar-refractivity contribution in [2.24, 2.45) is 5.73 Å². The first-order valence-corrected chi connectivity index (χ1v) is 5.80. The lowest BCUT2D eigenvalue weighted by molar-refractivity contribution is 0.161. The highest BCUT2D eigenvalue weighted by Gasteiger charge is 2.11. The second kappa shape index (κ2) is 7.34. The van der Waals surface area contributed by atoms with E-state index in [4.69, 9.17) is 5.73 Å². The number of nitrogens with one attached hydrogen (secondary N) is 2. The average Bonchev–Trinajstić information content (AvgIpc) is 2.35. The third-order valence-corrected chi connectivity index (χ3v) is 2.11. The number of hydrogen-bond donors (Lipinski definition) is 3. The Morgan fingerprint density at radius 3 is 2.42 bits per heavy atom. The monoisotopic (exact) mass is 274 g/mol. The van der Waals surface area contributed by atoms with Gasteiger partial charge in [0.05, 0.1) is 6.54 Å². The van der Waals surface area contributed by atoms with Crippen LogP contribution in [0.15, 0.2) is 6.07 Å². The summed E-state index contributed by atoms with van der Waals surface area (Å²) in [7, 11) is 0. The molecule has 1 heterocycles. The molecule has 0 atom stereocenters. The van der Waals surface area contributed by atoms with Crippen LogP contribution in [0.25, 0.3) is 0 Å². The minimum Gasteiger partial charge on any atom is -0.448 e. The van der Waals surface area contributed by atoms with Crippen LogP contribution in [0.5, 0.6) is 0 Å². The number of halogens is 2. The van der Waals surface area contributed by atoms with Crippen molar-refractivity contribution in [3.8, 4) is 0 Å². The zero-order chi connectivity index (χ0) is 14.3. The molecule has 0 aliphatic heterocycles. The number of nitrogens with zero attached hydrogens (tertiary/aromatic N) is 1. The molecule has 0 aromatic carbocycles. The maximum absolute atomic E-state index is 13.4. The van der Waals surface area contributed by atoms with E-state index in [0.717, 1.165) is 12.5 Å². The van der Waals surface area contributed by atoms with Crippen LogP contribution in [0.1, 0.15) is 13.3 Å².